The molecule has 0 bridgehead atoms. The Labute approximate surface area is 142 Å². The van der Waals surface area contributed by atoms with Gasteiger partial charge in [0.1, 0.15) is 11.6 Å². The molecular formula is C17H17F4N3O. The largest absolute Gasteiger partial charge is 0.573 e. The van der Waals surface area contributed by atoms with E-state index in [-0.39, 0.29) is 17.5 Å². The van der Waals surface area contributed by atoms with Gasteiger partial charge in [-0.25, -0.2) is 4.39 Å². The number of nitrogens with zero attached hydrogens (tertiary/aromatic N) is 1. The van der Waals surface area contributed by atoms with E-state index in [0.29, 0.717) is 18.7 Å². The summed E-state index contributed by atoms with van der Waals surface area (Å²) < 4.78 is 53.1. The third kappa shape index (κ3) is 6.33. The molecular weight excluding hydrogens is 338 g/mol. The third-order valence-electron chi connectivity index (χ3n) is 3.33. The quantitative estimate of drug-likeness (QED) is 0.484. The number of guanidine groups is 1. The number of rotatable bonds is 5. The smallest absolute Gasteiger partial charge is 0.406 e. The summed E-state index contributed by atoms with van der Waals surface area (Å²) in [7, 11) is 0. The maximum atomic E-state index is 13.0. The molecule has 25 heavy (non-hydrogen) atoms. The van der Waals surface area contributed by atoms with Gasteiger partial charge in [-0.1, -0.05) is 6.07 Å². The molecule has 0 heterocycles. The maximum absolute atomic E-state index is 13.0. The topological polar surface area (TPSA) is 59.6 Å². The molecule has 0 aliphatic rings. The van der Waals surface area contributed by atoms with E-state index in [1.165, 1.54) is 36.4 Å². The fraction of sp³-hybridized carbons (Fsp3) is 0.235. The van der Waals surface area contributed by atoms with Crippen LogP contribution >= 0.6 is 0 Å². The number of hydrogen-bond donors (Lipinski definition) is 2. The minimum absolute atomic E-state index is 0.129. The van der Waals surface area contributed by atoms with E-state index in [0.717, 1.165) is 11.1 Å². The van der Waals surface area contributed by atoms with Gasteiger partial charge >= 0.3 is 6.36 Å². The molecule has 0 aliphatic carbocycles. The second-order valence-electron chi connectivity index (χ2n) is 5.28. The Hall–Kier alpha value is -2.77. The molecule has 0 saturated heterocycles. The summed E-state index contributed by atoms with van der Waals surface area (Å²) in [5, 5.41) is 2.77. The van der Waals surface area contributed by atoms with Crippen LogP contribution in [0.2, 0.25) is 0 Å². The zero-order valence-electron chi connectivity index (χ0n) is 13.4. The molecule has 0 atom stereocenters. The molecule has 0 amide bonds. The first kappa shape index (κ1) is 18.6. The summed E-state index contributed by atoms with van der Waals surface area (Å²) in [6.07, 6.45) is -4.14. The minimum atomic E-state index is -4.73. The summed E-state index contributed by atoms with van der Waals surface area (Å²) in [6, 6.07) is 9.67. The lowest BCUT2D eigenvalue weighted by Crippen LogP contribution is -2.23. The lowest BCUT2D eigenvalue weighted by molar-refractivity contribution is -0.274. The Balaban J connectivity index is 1.88. The molecule has 2 aromatic carbocycles. The molecule has 0 aliphatic heterocycles. The lowest BCUT2D eigenvalue weighted by atomic mass is 10.1. The number of nitrogens with two attached hydrogens (primary N) is 1. The fourth-order valence-electron chi connectivity index (χ4n) is 2.16. The van der Waals surface area contributed by atoms with Crippen LogP contribution in [-0.2, 0) is 6.42 Å². The number of aryl methyl sites for hydroxylation is 1. The van der Waals surface area contributed by atoms with Crippen LogP contribution in [0.3, 0.4) is 0 Å². The number of benzene rings is 2. The Morgan fingerprint density at radius 2 is 1.84 bits per heavy atom. The van der Waals surface area contributed by atoms with Crippen molar-refractivity contribution in [2.75, 3.05) is 11.9 Å². The standard InChI is InChI=1S/C17H17F4N3O/c1-11-10-13(18)3-2-12(11)8-9-23-16(22)24-14-4-6-15(7-5-14)25-17(19,20)21/h2-7,10H,8-9H2,1H3,(H3,22,23,24). The summed E-state index contributed by atoms with van der Waals surface area (Å²) in [4.78, 5) is 4.14. The van der Waals surface area contributed by atoms with Crippen LogP contribution in [0.25, 0.3) is 0 Å². The number of hydrogen-bond acceptors (Lipinski definition) is 2. The maximum Gasteiger partial charge on any atom is 0.573 e. The molecule has 4 nitrogen and oxygen atoms in total. The first-order valence-corrected chi connectivity index (χ1v) is 7.41. The van der Waals surface area contributed by atoms with E-state index in [2.05, 4.69) is 15.0 Å². The second-order valence-corrected chi connectivity index (χ2v) is 5.28. The molecule has 8 heteroatoms. The fourth-order valence-corrected chi connectivity index (χ4v) is 2.16. The zero-order valence-corrected chi connectivity index (χ0v) is 13.4. The van der Waals surface area contributed by atoms with Gasteiger partial charge in [-0.2, -0.15) is 0 Å². The van der Waals surface area contributed by atoms with Crippen LogP contribution in [0.1, 0.15) is 11.1 Å². The van der Waals surface area contributed by atoms with Gasteiger partial charge in [-0.05, 0) is 60.9 Å². The zero-order chi connectivity index (χ0) is 18.4. The van der Waals surface area contributed by atoms with Crippen molar-refractivity contribution in [1.29, 1.82) is 0 Å². The first-order valence-electron chi connectivity index (χ1n) is 7.41. The van der Waals surface area contributed by atoms with E-state index in [1.807, 2.05) is 6.92 Å². The van der Waals surface area contributed by atoms with Crippen LogP contribution < -0.4 is 15.8 Å². The van der Waals surface area contributed by atoms with Gasteiger partial charge in [0.15, 0.2) is 5.96 Å². The van der Waals surface area contributed by atoms with Crippen LogP contribution in [-0.4, -0.2) is 18.9 Å². The third-order valence-corrected chi connectivity index (χ3v) is 3.33. The highest BCUT2D eigenvalue weighted by molar-refractivity contribution is 5.92. The van der Waals surface area contributed by atoms with Gasteiger partial charge in [0.25, 0.3) is 0 Å². The van der Waals surface area contributed by atoms with Crippen LogP contribution in [0, 0.1) is 12.7 Å². The van der Waals surface area contributed by atoms with Gasteiger partial charge in [0.2, 0.25) is 0 Å². The first-order chi connectivity index (χ1) is 11.7. The Morgan fingerprint density at radius 1 is 1.16 bits per heavy atom. The summed E-state index contributed by atoms with van der Waals surface area (Å²) in [5.41, 5.74) is 8.02. The molecule has 0 aromatic heterocycles. The number of nitrogens with one attached hydrogen (secondary N) is 1. The molecule has 2 aromatic rings. The molecule has 0 radical (unpaired) electrons. The highest BCUT2D eigenvalue weighted by Crippen LogP contribution is 2.23. The predicted molar refractivity (Wildman–Crippen MR) is 88.1 cm³/mol. The van der Waals surface area contributed by atoms with Crippen LogP contribution in [0.4, 0.5) is 23.2 Å². The van der Waals surface area contributed by atoms with Gasteiger partial charge in [-0.3, -0.25) is 4.99 Å². The van der Waals surface area contributed by atoms with E-state index in [4.69, 9.17) is 5.73 Å². The molecule has 3 N–H and O–H groups in total. The number of anilines is 1. The Morgan fingerprint density at radius 3 is 2.44 bits per heavy atom. The molecule has 0 unspecified atom stereocenters. The SMILES string of the molecule is Cc1cc(F)ccc1CCN=C(N)Nc1ccc(OC(F)(F)F)cc1. The molecule has 0 fully saturated rings. The average molecular weight is 355 g/mol. The molecule has 134 valence electrons. The van der Waals surface area contributed by atoms with E-state index >= 15 is 0 Å². The van der Waals surface area contributed by atoms with Crippen molar-refractivity contribution >= 4 is 11.6 Å². The van der Waals surface area contributed by atoms with Crippen molar-refractivity contribution in [2.24, 2.45) is 10.7 Å². The minimum Gasteiger partial charge on any atom is -0.406 e. The monoisotopic (exact) mass is 355 g/mol. The number of ether oxygens (including phenoxy) is 1. The van der Waals surface area contributed by atoms with Crippen LogP contribution in [0.5, 0.6) is 5.75 Å². The summed E-state index contributed by atoms with van der Waals surface area (Å²) in [6.45, 7) is 2.20. The average Bonchev–Trinajstić information content (AvgIpc) is 2.50. The highest BCUT2D eigenvalue weighted by atomic mass is 19.4. The van der Waals surface area contributed by atoms with Crippen molar-refractivity contribution in [3.05, 3.63) is 59.4 Å². The van der Waals surface area contributed by atoms with Crippen molar-refractivity contribution in [3.63, 3.8) is 0 Å². The molecule has 2 rings (SSSR count). The van der Waals surface area contributed by atoms with Crippen LogP contribution in [0.15, 0.2) is 47.5 Å². The van der Waals surface area contributed by atoms with Gasteiger partial charge in [0, 0.05) is 12.2 Å². The van der Waals surface area contributed by atoms with E-state index in [1.54, 1.807) is 6.07 Å². The Kier molecular flexibility index (Phi) is 5.84. The summed E-state index contributed by atoms with van der Waals surface area (Å²) >= 11 is 0. The van der Waals surface area contributed by atoms with Gasteiger partial charge < -0.3 is 15.8 Å². The lowest BCUT2D eigenvalue weighted by Gasteiger charge is -2.10. The van der Waals surface area contributed by atoms with E-state index < -0.39 is 6.36 Å². The second kappa shape index (κ2) is 7.87. The summed E-state index contributed by atoms with van der Waals surface area (Å²) in [5.74, 6) is -0.478. The highest BCUT2D eigenvalue weighted by Gasteiger charge is 2.30. The number of aliphatic imine (C=N–C) groups is 1. The number of halogens is 4. The van der Waals surface area contributed by atoms with Crippen molar-refractivity contribution < 1.29 is 22.3 Å². The predicted octanol–water partition coefficient (Wildman–Crippen LogP) is 4.00. The molecule has 0 saturated carbocycles. The van der Waals surface area contributed by atoms with Crippen molar-refractivity contribution in [1.82, 2.24) is 0 Å². The number of alkyl halides is 3. The molecule has 0 spiro atoms. The normalized spacial score (nSPS) is 12.1. The Bertz CT molecular complexity index is 743. The van der Waals surface area contributed by atoms with Gasteiger partial charge in [-0.15, -0.1) is 13.2 Å². The van der Waals surface area contributed by atoms with Crippen molar-refractivity contribution in [2.45, 2.75) is 19.7 Å². The van der Waals surface area contributed by atoms with Crippen molar-refractivity contribution in [3.8, 4) is 5.75 Å². The van der Waals surface area contributed by atoms with Gasteiger partial charge in [0.05, 0.1) is 0 Å². The van der Waals surface area contributed by atoms with E-state index in [9.17, 15) is 17.6 Å².